The van der Waals surface area contributed by atoms with Crippen LogP contribution in [0, 0.1) is 0 Å². The molecule has 1 aliphatic rings. The van der Waals surface area contributed by atoms with Crippen molar-refractivity contribution >= 4 is 17.7 Å². The summed E-state index contributed by atoms with van der Waals surface area (Å²) in [5, 5.41) is 4.22. The van der Waals surface area contributed by atoms with Gasteiger partial charge in [-0.1, -0.05) is 20.8 Å². The quantitative estimate of drug-likeness (QED) is 0.762. The lowest BCUT2D eigenvalue weighted by atomic mass is 10.3. The van der Waals surface area contributed by atoms with Gasteiger partial charge in [0.25, 0.3) is 0 Å². The molecule has 2 unspecified atom stereocenters. The third-order valence-corrected chi connectivity index (χ3v) is 3.53. The summed E-state index contributed by atoms with van der Waals surface area (Å²) in [5.41, 5.74) is 0. The van der Waals surface area contributed by atoms with Crippen LogP contribution < -0.4 is 5.32 Å². The lowest BCUT2D eigenvalue weighted by Crippen LogP contribution is -2.47. The number of thioether (sulfide) groups is 1. The molecule has 4 heteroatoms. The smallest absolute Gasteiger partial charge is 0.236 e. The Kier molecular flexibility index (Phi) is 4.75. The molecule has 1 heterocycles. The molecule has 1 fully saturated rings. The molecular formula is C10H20N2OS. The van der Waals surface area contributed by atoms with Crippen LogP contribution in [0.1, 0.15) is 20.8 Å². The van der Waals surface area contributed by atoms with Crippen LogP contribution in [-0.2, 0) is 4.79 Å². The molecule has 1 saturated heterocycles. The maximum absolute atomic E-state index is 11.7. The second-order valence-corrected chi connectivity index (χ2v) is 5.72. The highest BCUT2D eigenvalue weighted by atomic mass is 32.2. The van der Waals surface area contributed by atoms with Crippen LogP contribution in [0.25, 0.3) is 0 Å². The zero-order chi connectivity index (χ0) is 10.6. The standard InChI is InChI=1S/C10H20N2OS/c1-4-11-5-10(13)12-6-8(2)14-9(3)7-12/h8-9,11H,4-7H2,1-3H3. The molecule has 0 aromatic carbocycles. The van der Waals surface area contributed by atoms with Crippen LogP contribution in [-0.4, -0.2) is 47.5 Å². The van der Waals surface area contributed by atoms with Gasteiger partial charge in [-0.3, -0.25) is 4.79 Å². The van der Waals surface area contributed by atoms with Gasteiger partial charge >= 0.3 is 0 Å². The van der Waals surface area contributed by atoms with E-state index in [9.17, 15) is 4.79 Å². The van der Waals surface area contributed by atoms with Crippen molar-refractivity contribution < 1.29 is 4.79 Å². The SMILES string of the molecule is CCNCC(=O)N1CC(C)SC(C)C1. The average Bonchev–Trinajstić information content (AvgIpc) is 2.12. The Morgan fingerprint density at radius 2 is 2.00 bits per heavy atom. The zero-order valence-corrected chi connectivity index (χ0v) is 10.1. The number of nitrogens with zero attached hydrogens (tertiary/aromatic N) is 1. The maximum Gasteiger partial charge on any atom is 0.236 e. The Hall–Kier alpha value is -0.220. The van der Waals surface area contributed by atoms with E-state index in [1.165, 1.54) is 0 Å². The highest BCUT2D eigenvalue weighted by molar-refractivity contribution is 8.00. The first kappa shape index (κ1) is 11.9. The van der Waals surface area contributed by atoms with Gasteiger partial charge in [0.15, 0.2) is 0 Å². The third-order valence-electron chi connectivity index (χ3n) is 2.30. The van der Waals surface area contributed by atoms with Crippen LogP contribution in [0.3, 0.4) is 0 Å². The van der Waals surface area contributed by atoms with Crippen molar-refractivity contribution in [2.75, 3.05) is 26.2 Å². The van der Waals surface area contributed by atoms with Crippen LogP contribution >= 0.6 is 11.8 Å². The van der Waals surface area contributed by atoms with Gasteiger partial charge in [0, 0.05) is 23.6 Å². The molecule has 1 N–H and O–H groups in total. The van der Waals surface area contributed by atoms with Gasteiger partial charge in [-0.25, -0.2) is 0 Å². The van der Waals surface area contributed by atoms with Crippen LogP contribution in [0.5, 0.6) is 0 Å². The number of hydrogen-bond donors (Lipinski definition) is 1. The van der Waals surface area contributed by atoms with Gasteiger partial charge in [-0.05, 0) is 6.54 Å². The molecule has 0 radical (unpaired) electrons. The van der Waals surface area contributed by atoms with E-state index in [0.717, 1.165) is 19.6 Å². The topological polar surface area (TPSA) is 32.3 Å². The lowest BCUT2D eigenvalue weighted by molar-refractivity contribution is -0.130. The van der Waals surface area contributed by atoms with Crippen molar-refractivity contribution in [3.05, 3.63) is 0 Å². The van der Waals surface area contributed by atoms with Gasteiger partial charge in [-0.2, -0.15) is 11.8 Å². The number of nitrogens with one attached hydrogen (secondary N) is 1. The highest BCUT2D eigenvalue weighted by Gasteiger charge is 2.25. The largest absolute Gasteiger partial charge is 0.339 e. The van der Waals surface area contributed by atoms with E-state index in [1.807, 2.05) is 23.6 Å². The maximum atomic E-state index is 11.7. The number of rotatable bonds is 3. The summed E-state index contributed by atoms with van der Waals surface area (Å²) in [7, 11) is 0. The third kappa shape index (κ3) is 3.50. The Bertz CT molecular complexity index is 189. The molecule has 3 nitrogen and oxygen atoms in total. The summed E-state index contributed by atoms with van der Waals surface area (Å²) >= 11 is 1.97. The molecule has 0 spiro atoms. The first-order valence-corrected chi connectivity index (χ1v) is 6.21. The molecule has 0 aromatic heterocycles. The number of hydrogen-bond acceptors (Lipinski definition) is 3. The van der Waals surface area contributed by atoms with Gasteiger partial charge in [-0.15, -0.1) is 0 Å². The minimum atomic E-state index is 0.242. The second-order valence-electron chi connectivity index (χ2n) is 3.84. The average molecular weight is 216 g/mol. The molecule has 0 bridgehead atoms. The number of likely N-dealkylation sites (N-methyl/N-ethyl adjacent to an activating group) is 1. The van der Waals surface area contributed by atoms with E-state index in [1.54, 1.807) is 0 Å². The predicted octanol–water partition coefficient (Wildman–Crippen LogP) is 0.948. The van der Waals surface area contributed by atoms with Crippen molar-refractivity contribution in [1.29, 1.82) is 0 Å². The number of carbonyl (C=O) groups is 1. The lowest BCUT2D eigenvalue weighted by Gasteiger charge is -2.34. The first-order valence-electron chi connectivity index (χ1n) is 5.27. The van der Waals surface area contributed by atoms with Gasteiger partial charge in [0.2, 0.25) is 5.91 Å². The number of carbonyl (C=O) groups excluding carboxylic acids is 1. The predicted molar refractivity (Wildman–Crippen MR) is 61.6 cm³/mol. The Balaban J connectivity index is 2.38. The molecular weight excluding hydrogens is 196 g/mol. The fraction of sp³-hybridized carbons (Fsp3) is 0.900. The summed E-state index contributed by atoms with van der Waals surface area (Å²) in [4.78, 5) is 13.7. The van der Waals surface area contributed by atoms with Gasteiger partial charge < -0.3 is 10.2 Å². The minimum Gasteiger partial charge on any atom is -0.339 e. The highest BCUT2D eigenvalue weighted by Crippen LogP contribution is 2.24. The van der Waals surface area contributed by atoms with Crippen molar-refractivity contribution in [2.24, 2.45) is 0 Å². The van der Waals surface area contributed by atoms with Gasteiger partial charge in [0.05, 0.1) is 6.54 Å². The van der Waals surface area contributed by atoms with E-state index in [4.69, 9.17) is 0 Å². The van der Waals surface area contributed by atoms with Crippen molar-refractivity contribution in [3.8, 4) is 0 Å². The Morgan fingerprint density at radius 3 is 2.50 bits per heavy atom. The summed E-state index contributed by atoms with van der Waals surface area (Å²) < 4.78 is 0. The molecule has 1 aliphatic heterocycles. The van der Waals surface area contributed by atoms with E-state index in [0.29, 0.717) is 17.0 Å². The number of amides is 1. The fourth-order valence-electron chi connectivity index (χ4n) is 1.73. The van der Waals surface area contributed by atoms with Crippen molar-refractivity contribution in [3.63, 3.8) is 0 Å². The minimum absolute atomic E-state index is 0.242. The Morgan fingerprint density at radius 1 is 1.43 bits per heavy atom. The van der Waals surface area contributed by atoms with E-state index in [2.05, 4.69) is 19.2 Å². The fourth-order valence-corrected chi connectivity index (χ4v) is 3.05. The molecule has 1 rings (SSSR count). The van der Waals surface area contributed by atoms with E-state index >= 15 is 0 Å². The summed E-state index contributed by atoms with van der Waals surface area (Å²) in [6.07, 6.45) is 0. The molecule has 0 aromatic rings. The van der Waals surface area contributed by atoms with Crippen LogP contribution in [0.15, 0.2) is 0 Å². The Labute approximate surface area is 90.6 Å². The molecule has 1 amide bonds. The van der Waals surface area contributed by atoms with E-state index < -0.39 is 0 Å². The normalized spacial score (nSPS) is 27.8. The van der Waals surface area contributed by atoms with Crippen molar-refractivity contribution in [1.82, 2.24) is 10.2 Å². The summed E-state index contributed by atoms with van der Waals surface area (Å²) in [5.74, 6) is 0.242. The zero-order valence-electron chi connectivity index (χ0n) is 9.25. The van der Waals surface area contributed by atoms with Crippen LogP contribution in [0.4, 0.5) is 0 Å². The van der Waals surface area contributed by atoms with Crippen LogP contribution in [0.2, 0.25) is 0 Å². The molecule has 82 valence electrons. The molecule has 0 saturated carbocycles. The summed E-state index contributed by atoms with van der Waals surface area (Å²) in [6, 6.07) is 0. The second kappa shape index (κ2) is 5.61. The summed E-state index contributed by atoms with van der Waals surface area (Å²) in [6.45, 7) is 9.55. The monoisotopic (exact) mass is 216 g/mol. The van der Waals surface area contributed by atoms with E-state index in [-0.39, 0.29) is 5.91 Å². The van der Waals surface area contributed by atoms with Crippen molar-refractivity contribution in [2.45, 2.75) is 31.3 Å². The van der Waals surface area contributed by atoms with Gasteiger partial charge in [0.1, 0.15) is 0 Å². The first-order chi connectivity index (χ1) is 6.63. The molecule has 14 heavy (non-hydrogen) atoms. The molecule has 2 atom stereocenters. The molecule has 0 aliphatic carbocycles.